The number of pyridine rings is 1. The number of nitrogens with one attached hydrogen (secondary N) is 1. The number of fused-ring (bicyclic) bond motifs is 3. The zero-order valence-electron chi connectivity index (χ0n) is 19.5. The van der Waals surface area contributed by atoms with Crippen molar-refractivity contribution in [3.63, 3.8) is 0 Å². The molecule has 4 aromatic rings. The third-order valence-electron chi connectivity index (χ3n) is 4.22. The van der Waals surface area contributed by atoms with Crippen molar-refractivity contribution in [2.24, 2.45) is 0 Å². The van der Waals surface area contributed by atoms with E-state index >= 15 is 0 Å². The van der Waals surface area contributed by atoms with Crippen LogP contribution in [0, 0.1) is 13.8 Å². The lowest BCUT2D eigenvalue weighted by Gasteiger charge is -2.08. The topological polar surface area (TPSA) is 94.9 Å². The third-order valence-corrected chi connectivity index (χ3v) is 5.29. The van der Waals surface area contributed by atoms with Crippen LogP contribution in [0.3, 0.4) is 0 Å². The Morgan fingerprint density at radius 3 is 2.82 bits per heavy atom. The molecule has 0 aromatic carbocycles. The number of hydrogen-bond acceptors (Lipinski definition) is 9. The maximum absolute atomic E-state index is 7.73. The molecule has 0 radical (unpaired) electrons. The van der Waals surface area contributed by atoms with Crippen molar-refractivity contribution in [3.8, 4) is 5.88 Å². The molecule has 9 heteroatoms. The Morgan fingerprint density at radius 1 is 1.14 bits per heavy atom. The maximum Gasteiger partial charge on any atom is 0.213 e. The van der Waals surface area contributed by atoms with Gasteiger partial charge in [-0.05, 0) is 25.0 Å². The van der Waals surface area contributed by atoms with Crippen molar-refractivity contribution in [1.82, 2.24) is 25.1 Å². The van der Waals surface area contributed by atoms with Gasteiger partial charge in [-0.15, -0.1) is 16.4 Å². The predicted molar refractivity (Wildman–Crippen MR) is 109 cm³/mol. The van der Waals surface area contributed by atoms with Crippen molar-refractivity contribution in [1.29, 1.82) is 0 Å². The predicted octanol–water partition coefficient (Wildman–Crippen LogP) is 3.28. The molecule has 28 heavy (non-hydrogen) atoms. The second-order valence-corrected chi connectivity index (χ2v) is 6.96. The van der Waals surface area contributed by atoms with E-state index in [2.05, 4.69) is 35.2 Å². The minimum Gasteiger partial charge on any atom is -0.475 e. The highest BCUT2D eigenvalue weighted by atomic mass is 32.1. The average molecular weight is 401 g/mol. The Morgan fingerprint density at radius 2 is 2.04 bits per heavy atom. The van der Waals surface area contributed by atoms with Crippen LogP contribution in [-0.2, 0) is 11.3 Å². The van der Waals surface area contributed by atoms with Crippen molar-refractivity contribution < 1.29 is 15.0 Å². The van der Waals surface area contributed by atoms with E-state index in [-0.39, 0.29) is 5.88 Å². The molecule has 0 fully saturated rings. The molecular weight excluding hydrogens is 376 g/mol. The van der Waals surface area contributed by atoms with Crippen LogP contribution in [0.5, 0.6) is 5.88 Å². The van der Waals surface area contributed by atoms with Gasteiger partial charge in [0, 0.05) is 31.3 Å². The van der Waals surface area contributed by atoms with Crippen LogP contribution in [-0.4, -0.2) is 45.4 Å². The SMILES string of the molecule is [2H]C([2H])(OC)C([2H])([2H])Oc1ccc(CNc2ncnc3c2sc2nnc(C)c(C)c23)cn1. The van der Waals surface area contributed by atoms with Gasteiger partial charge in [0.1, 0.15) is 23.5 Å². The summed E-state index contributed by atoms with van der Waals surface area (Å²) in [5, 5.41) is 12.7. The quantitative estimate of drug-likeness (QED) is 0.505. The molecule has 4 rings (SSSR count). The fourth-order valence-corrected chi connectivity index (χ4v) is 3.78. The Bertz CT molecular complexity index is 1280. The summed E-state index contributed by atoms with van der Waals surface area (Å²) in [7, 11) is 1.07. The zero-order chi connectivity index (χ0) is 23.1. The summed E-state index contributed by atoms with van der Waals surface area (Å²) in [6.45, 7) is -1.01. The van der Waals surface area contributed by atoms with Gasteiger partial charge in [-0.1, -0.05) is 6.07 Å². The van der Waals surface area contributed by atoms with Crippen LogP contribution < -0.4 is 10.1 Å². The Hall–Kier alpha value is -2.91. The highest BCUT2D eigenvalue weighted by Crippen LogP contribution is 2.36. The molecule has 0 saturated carbocycles. The van der Waals surface area contributed by atoms with Gasteiger partial charge in [0.25, 0.3) is 0 Å². The molecule has 0 aliphatic heterocycles. The molecule has 0 aliphatic carbocycles. The number of rotatable bonds is 7. The first-order chi connectivity index (χ1) is 15.1. The number of ether oxygens (including phenoxy) is 2. The second kappa shape index (κ2) is 7.99. The van der Waals surface area contributed by atoms with Gasteiger partial charge in [-0.2, -0.15) is 5.10 Å². The number of methoxy groups -OCH3 is 1. The fourth-order valence-electron chi connectivity index (χ4n) is 2.68. The van der Waals surface area contributed by atoms with Gasteiger partial charge in [0.2, 0.25) is 5.88 Å². The smallest absolute Gasteiger partial charge is 0.213 e. The lowest BCUT2D eigenvalue weighted by Crippen LogP contribution is -2.06. The molecule has 0 saturated heterocycles. The van der Waals surface area contributed by atoms with E-state index in [1.54, 1.807) is 6.07 Å². The van der Waals surface area contributed by atoms with Crippen LogP contribution in [0.15, 0.2) is 24.7 Å². The minimum absolute atomic E-state index is 0.0574. The highest BCUT2D eigenvalue weighted by molar-refractivity contribution is 7.25. The van der Waals surface area contributed by atoms with Crippen molar-refractivity contribution in [2.75, 3.05) is 25.5 Å². The first-order valence-electron chi connectivity index (χ1n) is 10.4. The number of aryl methyl sites for hydroxylation is 2. The third kappa shape index (κ3) is 3.58. The number of aromatic nitrogens is 5. The van der Waals surface area contributed by atoms with E-state index < -0.39 is 13.1 Å². The lowest BCUT2D eigenvalue weighted by molar-refractivity contribution is 0.143. The summed E-state index contributed by atoms with van der Waals surface area (Å²) in [6.07, 6.45) is 3.02. The Labute approximate surface area is 171 Å². The summed E-state index contributed by atoms with van der Waals surface area (Å²) in [6, 6.07) is 3.17. The van der Waals surface area contributed by atoms with Gasteiger partial charge < -0.3 is 14.8 Å². The highest BCUT2D eigenvalue weighted by Gasteiger charge is 2.15. The molecule has 0 bridgehead atoms. The van der Waals surface area contributed by atoms with Gasteiger partial charge >= 0.3 is 0 Å². The number of thiophene rings is 1. The van der Waals surface area contributed by atoms with E-state index in [9.17, 15) is 0 Å². The Balaban J connectivity index is 1.52. The molecule has 0 spiro atoms. The second-order valence-electron chi connectivity index (χ2n) is 5.96. The summed E-state index contributed by atoms with van der Waals surface area (Å²) in [4.78, 5) is 13.7. The summed E-state index contributed by atoms with van der Waals surface area (Å²) in [5.41, 5.74) is 3.53. The molecule has 8 nitrogen and oxygen atoms in total. The Kier molecular flexibility index (Phi) is 4.04. The zero-order valence-corrected chi connectivity index (χ0v) is 16.3. The first-order valence-corrected chi connectivity index (χ1v) is 9.24. The summed E-state index contributed by atoms with van der Waals surface area (Å²) >= 11 is 1.47. The normalized spacial score (nSPS) is 14.4. The molecule has 4 aromatic heterocycles. The van der Waals surface area contributed by atoms with E-state index in [4.69, 9.17) is 10.2 Å². The van der Waals surface area contributed by atoms with Crippen LogP contribution in [0.4, 0.5) is 5.82 Å². The average Bonchev–Trinajstić information content (AvgIpc) is 3.15. The molecule has 0 aliphatic rings. The molecule has 0 atom stereocenters. The van der Waals surface area contributed by atoms with Crippen LogP contribution in [0.1, 0.15) is 22.3 Å². The standard InChI is InChI=1S/C19H20N6O2S/c1-11-12(2)24-25-19-15(11)16-17(28-19)18(23-10-22-16)21-9-13-4-5-14(20-8-13)27-7-6-26-3/h4-5,8,10H,6-7,9H2,1-3H3,(H,21,22,23)/i6D2,7D2. The van der Waals surface area contributed by atoms with Crippen LogP contribution in [0.25, 0.3) is 20.4 Å². The molecule has 0 unspecified atom stereocenters. The molecule has 4 heterocycles. The lowest BCUT2D eigenvalue weighted by atomic mass is 10.1. The number of nitrogens with zero attached hydrogens (tertiary/aromatic N) is 5. The van der Waals surface area contributed by atoms with Crippen molar-refractivity contribution >= 4 is 37.6 Å². The molecule has 1 N–H and O–H groups in total. The van der Waals surface area contributed by atoms with E-state index in [1.165, 1.54) is 29.9 Å². The van der Waals surface area contributed by atoms with Crippen molar-refractivity contribution in [3.05, 3.63) is 41.5 Å². The van der Waals surface area contributed by atoms with Crippen molar-refractivity contribution in [2.45, 2.75) is 20.4 Å². The van der Waals surface area contributed by atoms with Gasteiger partial charge in [0.15, 0.2) is 0 Å². The van der Waals surface area contributed by atoms with E-state index in [1.807, 2.05) is 13.8 Å². The molecular formula is C19H20N6O2S. The summed E-state index contributed by atoms with van der Waals surface area (Å²) < 4.78 is 41.0. The molecule has 0 amide bonds. The van der Waals surface area contributed by atoms with Gasteiger partial charge in [-0.3, -0.25) is 0 Å². The molecule has 144 valence electrons. The number of hydrogen-bond donors (Lipinski definition) is 1. The van der Waals surface area contributed by atoms with Gasteiger partial charge in [-0.25, -0.2) is 15.0 Å². The van der Waals surface area contributed by atoms with E-state index in [0.29, 0.717) is 12.4 Å². The minimum atomic E-state index is -2.71. The summed E-state index contributed by atoms with van der Waals surface area (Å²) in [5.74, 6) is 0.609. The maximum atomic E-state index is 7.73. The first kappa shape index (κ1) is 14.1. The number of anilines is 1. The fraction of sp³-hybridized carbons (Fsp3) is 0.316. The van der Waals surface area contributed by atoms with E-state index in [0.717, 1.165) is 44.4 Å². The van der Waals surface area contributed by atoms with Crippen LogP contribution in [0.2, 0.25) is 0 Å². The monoisotopic (exact) mass is 400 g/mol. The van der Waals surface area contributed by atoms with Gasteiger partial charge in [0.05, 0.1) is 28.0 Å². The van der Waals surface area contributed by atoms with Crippen LogP contribution >= 0.6 is 11.3 Å². The largest absolute Gasteiger partial charge is 0.475 e.